The van der Waals surface area contributed by atoms with Crippen LogP contribution in [0.3, 0.4) is 0 Å². The minimum absolute atomic E-state index is 0.248. The third kappa shape index (κ3) is 4.39. The molecule has 0 N–H and O–H groups in total. The fourth-order valence-electron chi connectivity index (χ4n) is 2.59. The van der Waals surface area contributed by atoms with Crippen molar-refractivity contribution >= 4 is 44.9 Å². The van der Waals surface area contributed by atoms with Crippen molar-refractivity contribution in [3.63, 3.8) is 0 Å². The number of hydrogen-bond acceptors (Lipinski definition) is 5. The number of nitrogens with zero attached hydrogens (tertiary/aromatic N) is 1. The van der Waals surface area contributed by atoms with Gasteiger partial charge in [-0.25, -0.2) is 4.39 Å². The van der Waals surface area contributed by atoms with E-state index in [1.807, 2.05) is 0 Å². The number of methoxy groups -OCH3 is 1. The lowest BCUT2D eigenvalue weighted by Crippen LogP contribution is -2.27. The van der Waals surface area contributed by atoms with E-state index in [1.165, 1.54) is 24.1 Å². The summed E-state index contributed by atoms with van der Waals surface area (Å²) in [6.45, 7) is 2.34. The lowest BCUT2D eigenvalue weighted by molar-refractivity contribution is -0.122. The van der Waals surface area contributed by atoms with Gasteiger partial charge in [0.2, 0.25) is 0 Å². The second-order valence-corrected chi connectivity index (χ2v) is 7.71. The van der Waals surface area contributed by atoms with Crippen molar-refractivity contribution in [2.75, 3.05) is 13.7 Å². The maximum atomic E-state index is 13.0. The van der Waals surface area contributed by atoms with E-state index in [0.717, 1.165) is 17.3 Å². The van der Waals surface area contributed by atoms with E-state index in [-0.39, 0.29) is 23.6 Å². The Kier molecular flexibility index (Phi) is 6.41. The zero-order chi connectivity index (χ0) is 20.3. The Bertz CT molecular complexity index is 946. The zero-order valence-electron chi connectivity index (χ0n) is 15.2. The van der Waals surface area contributed by atoms with Gasteiger partial charge in [0.25, 0.3) is 11.1 Å². The van der Waals surface area contributed by atoms with Crippen LogP contribution in [0.5, 0.6) is 11.5 Å². The molecule has 1 heterocycles. The summed E-state index contributed by atoms with van der Waals surface area (Å²) in [5.74, 6) is 0.365. The van der Waals surface area contributed by atoms with Crippen molar-refractivity contribution in [3.05, 3.63) is 62.7 Å². The van der Waals surface area contributed by atoms with Crippen LogP contribution in [0.15, 0.2) is 45.8 Å². The highest BCUT2D eigenvalue weighted by Gasteiger charge is 2.33. The Labute approximate surface area is 174 Å². The average molecular weight is 466 g/mol. The van der Waals surface area contributed by atoms with Crippen LogP contribution in [0.2, 0.25) is 0 Å². The second-order valence-electron chi connectivity index (χ2n) is 5.87. The number of likely N-dealkylation sites (N-methyl/N-ethyl adjacent to an activating group) is 1. The molecule has 1 fully saturated rings. The van der Waals surface area contributed by atoms with Crippen molar-refractivity contribution in [1.29, 1.82) is 0 Å². The van der Waals surface area contributed by atoms with Gasteiger partial charge in [0.1, 0.15) is 12.4 Å². The number of thioether (sulfide) groups is 1. The van der Waals surface area contributed by atoms with Crippen LogP contribution in [0, 0.1) is 5.82 Å². The van der Waals surface area contributed by atoms with Gasteiger partial charge < -0.3 is 9.47 Å². The molecule has 28 heavy (non-hydrogen) atoms. The standard InChI is InChI=1S/C20H17BrFNO4S/c1-3-23-19(24)18(28-20(23)25)9-13-8-16(26-2)17(10-15(13)21)27-11-12-4-6-14(22)7-5-12/h4-10H,3,11H2,1-2H3. The maximum absolute atomic E-state index is 13.0. The fraction of sp³-hybridized carbons (Fsp3) is 0.200. The van der Waals surface area contributed by atoms with Gasteiger partial charge in [-0.3, -0.25) is 14.5 Å². The van der Waals surface area contributed by atoms with Crippen molar-refractivity contribution < 1.29 is 23.5 Å². The number of ether oxygens (including phenoxy) is 2. The molecule has 1 aliphatic heterocycles. The molecule has 1 aliphatic rings. The lowest BCUT2D eigenvalue weighted by Gasteiger charge is -2.13. The van der Waals surface area contributed by atoms with Crippen molar-refractivity contribution in [2.45, 2.75) is 13.5 Å². The van der Waals surface area contributed by atoms with E-state index < -0.39 is 0 Å². The van der Waals surface area contributed by atoms with Gasteiger partial charge in [0, 0.05) is 11.0 Å². The van der Waals surface area contributed by atoms with Crippen LogP contribution in [-0.2, 0) is 11.4 Å². The largest absolute Gasteiger partial charge is 0.493 e. The predicted octanol–water partition coefficient (Wildman–Crippen LogP) is 5.23. The number of benzene rings is 2. The molecule has 146 valence electrons. The number of hydrogen-bond donors (Lipinski definition) is 0. The summed E-state index contributed by atoms with van der Waals surface area (Å²) >= 11 is 4.38. The second kappa shape index (κ2) is 8.79. The molecule has 1 saturated heterocycles. The summed E-state index contributed by atoms with van der Waals surface area (Å²) in [7, 11) is 1.52. The number of imide groups is 1. The molecule has 0 spiro atoms. The Balaban J connectivity index is 1.83. The van der Waals surface area contributed by atoms with Crippen molar-refractivity contribution in [2.24, 2.45) is 0 Å². The number of carbonyl (C=O) groups excluding carboxylic acids is 2. The summed E-state index contributed by atoms with van der Waals surface area (Å²) in [5, 5.41) is -0.277. The monoisotopic (exact) mass is 465 g/mol. The highest BCUT2D eigenvalue weighted by molar-refractivity contribution is 9.10. The molecular weight excluding hydrogens is 449 g/mol. The maximum Gasteiger partial charge on any atom is 0.293 e. The molecule has 3 rings (SSSR count). The number of carbonyl (C=O) groups is 2. The van der Waals surface area contributed by atoms with Gasteiger partial charge in [-0.2, -0.15) is 0 Å². The Morgan fingerprint density at radius 1 is 1.18 bits per heavy atom. The van der Waals surface area contributed by atoms with E-state index in [4.69, 9.17) is 9.47 Å². The molecule has 0 radical (unpaired) electrons. The molecule has 0 atom stereocenters. The molecular formula is C20H17BrFNO4S. The molecule has 2 amide bonds. The van der Waals surface area contributed by atoms with Gasteiger partial charge >= 0.3 is 0 Å². The Morgan fingerprint density at radius 3 is 2.50 bits per heavy atom. The topological polar surface area (TPSA) is 55.8 Å². The Morgan fingerprint density at radius 2 is 1.89 bits per heavy atom. The highest BCUT2D eigenvalue weighted by atomic mass is 79.9. The first-order valence-corrected chi connectivity index (χ1v) is 10.0. The molecule has 0 unspecified atom stereocenters. The SMILES string of the molecule is CCN1C(=O)SC(=Cc2cc(OC)c(OCc3ccc(F)cc3)cc2Br)C1=O. The third-order valence-electron chi connectivity index (χ3n) is 4.07. The highest BCUT2D eigenvalue weighted by Crippen LogP contribution is 2.38. The number of halogens is 2. The van der Waals surface area contributed by atoms with Crippen LogP contribution < -0.4 is 9.47 Å². The van der Waals surface area contributed by atoms with Gasteiger partial charge in [0.05, 0.1) is 12.0 Å². The molecule has 0 aromatic heterocycles. The molecule has 5 nitrogen and oxygen atoms in total. The van der Waals surface area contributed by atoms with E-state index in [9.17, 15) is 14.0 Å². The van der Waals surface area contributed by atoms with Crippen LogP contribution in [0.1, 0.15) is 18.1 Å². The first-order valence-electron chi connectivity index (χ1n) is 8.43. The predicted molar refractivity (Wildman–Crippen MR) is 110 cm³/mol. The van der Waals surface area contributed by atoms with E-state index in [0.29, 0.717) is 33.0 Å². The summed E-state index contributed by atoms with van der Waals surface area (Å²) in [4.78, 5) is 25.7. The number of rotatable bonds is 6. The van der Waals surface area contributed by atoms with Crippen LogP contribution in [0.4, 0.5) is 9.18 Å². The van der Waals surface area contributed by atoms with Crippen LogP contribution >= 0.6 is 27.7 Å². The average Bonchev–Trinajstić information content (AvgIpc) is 2.95. The van der Waals surface area contributed by atoms with Crippen LogP contribution in [0.25, 0.3) is 6.08 Å². The van der Waals surface area contributed by atoms with Gasteiger partial charge in [-0.15, -0.1) is 0 Å². The summed E-state index contributed by atoms with van der Waals surface area (Å²) in [6, 6.07) is 9.50. The van der Waals surface area contributed by atoms with Crippen LogP contribution in [-0.4, -0.2) is 29.7 Å². The van der Waals surface area contributed by atoms with Gasteiger partial charge in [0.15, 0.2) is 11.5 Å². The minimum Gasteiger partial charge on any atom is -0.493 e. The zero-order valence-corrected chi connectivity index (χ0v) is 17.6. The quantitative estimate of drug-likeness (QED) is 0.546. The van der Waals surface area contributed by atoms with E-state index >= 15 is 0 Å². The minimum atomic E-state index is -0.306. The molecule has 0 bridgehead atoms. The lowest BCUT2D eigenvalue weighted by atomic mass is 10.1. The first kappa shape index (κ1) is 20.4. The fourth-order valence-corrected chi connectivity index (χ4v) is 3.92. The normalized spacial score (nSPS) is 15.4. The summed E-state index contributed by atoms with van der Waals surface area (Å²) in [6.07, 6.45) is 1.65. The number of amides is 2. The van der Waals surface area contributed by atoms with Crippen molar-refractivity contribution in [1.82, 2.24) is 4.90 Å². The smallest absolute Gasteiger partial charge is 0.293 e. The molecule has 2 aromatic rings. The molecule has 0 saturated carbocycles. The third-order valence-corrected chi connectivity index (χ3v) is 5.66. The first-order chi connectivity index (χ1) is 13.4. The molecule has 8 heteroatoms. The van der Waals surface area contributed by atoms with Gasteiger partial charge in [-0.05, 0) is 60.2 Å². The van der Waals surface area contributed by atoms with E-state index in [1.54, 1.807) is 37.3 Å². The summed E-state index contributed by atoms with van der Waals surface area (Å²) < 4.78 is 24.9. The van der Waals surface area contributed by atoms with Crippen molar-refractivity contribution in [3.8, 4) is 11.5 Å². The van der Waals surface area contributed by atoms with E-state index in [2.05, 4.69) is 15.9 Å². The molecule has 2 aromatic carbocycles. The van der Waals surface area contributed by atoms with Gasteiger partial charge in [-0.1, -0.05) is 28.1 Å². The summed E-state index contributed by atoms with van der Waals surface area (Å²) in [5.41, 5.74) is 1.50. The Hall–Kier alpha value is -2.32. The molecule has 0 aliphatic carbocycles.